The van der Waals surface area contributed by atoms with Crippen molar-refractivity contribution in [2.75, 3.05) is 38.7 Å². The summed E-state index contributed by atoms with van der Waals surface area (Å²) in [5.74, 6) is 0.760. The van der Waals surface area contributed by atoms with Crippen molar-refractivity contribution in [2.45, 2.75) is 19.8 Å². The van der Waals surface area contributed by atoms with E-state index < -0.39 is 0 Å². The molecular weight excluding hydrogens is 368 g/mol. The van der Waals surface area contributed by atoms with E-state index >= 15 is 0 Å². The van der Waals surface area contributed by atoms with Crippen LogP contribution in [0.25, 0.3) is 0 Å². The summed E-state index contributed by atoms with van der Waals surface area (Å²) in [5.41, 5.74) is 2.43. The van der Waals surface area contributed by atoms with Crippen LogP contribution in [0, 0.1) is 12.8 Å². The van der Waals surface area contributed by atoms with Gasteiger partial charge in [0.1, 0.15) is 12.4 Å². The van der Waals surface area contributed by atoms with Crippen molar-refractivity contribution in [1.29, 1.82) is 0 Å². The highest BCUT2D eigenvalue weighted by atomic mass is 16.5. The summed E-state index contributed by atoms with van der Waals surface area (Å²) in [6.45, 7) is 3.98. The Balaban J connectivity index is 1.57. The van der Waals surface area contributed by atoms with Gasteiger partial charge in [-0.15, -0.1) is 0 Å². The molecule has 1 aliphatic rings. The summed E-state index contributed by atoms with van der Waals surface area (Å²) >= 11 is 0. The van der Waals surface area contributed by atoms with Crippen LogP contribution in [0.5, 0.6) is 5.75 Å². The lowest BCUT2D eigenvalue weighted by Gasteiger charge is -2.31. The van der Waals surface area contributed by atoms with E-state index in [1.54, 1.807) is 12.0 Å². The average molecular weight is 396 g/mol. The normalized spacial score (nSPS) is 14.5. The number of rotatable bonds is 7. The Hall–Kier alpha value is -2.86. The molecule has 0 aliphatic carbocycles. The number of carbonyl (C=O) groups excluding carboxylic acids is 2. The Labute approximate surface area is 171 Å². The van der Waals surface area contributed by atoms with E-state index in [4.69, 9.17) is 9.47 Å². The first-order valence-corrected chi connectivity index (χ1v) is 9.96. The third-order valence-corrected chi connectivity index (χ3v) is 5.14. The number of benzene rings is 2. The average Bonchev–Trinajstić information content (AvgIpc) is 2.76. The quantitative estimate of drug-likeness (QED) is 0.564. The van der Waals surface area contributed by atoms with Crippen LogP contribution >= 0.6 is 0 Å². The molecule has 6 nitrogen and oxygen atoms in total. The van der Waals surface area contributed by atoms with E-state index in [2.05, 4.69) is 5.32 Å². The zero-order chi connectivity index (χ0) is 20.6. The maximum Gasteiger partial charge on any atom is 0.321 e. The number of hydrogen-bond donors (Lipinski definition) is 1. The third kappa shape index (κ3) is 5.57. The molecule has 29 heavy (non-hydrogen) atoms. The first-order chi connectivity index (χ1) is 14.1. The number of hydrogen-bond acceptors (Lipinski definition) is 4. The second kappa shape index (κ2) is 10.1. The minimum atomic E-state index is -0.170. The summed E-state index contributed by atoms with van der Waals surface area (Å²) in [4.78, 5) is 27.1. The monoisotopic (exact) mass is 396 g/mol. The molecule has 2 aromatic carbocycles. The zero-order valence-corrected chi connectivity index (χ0v) is 17.0. The highest BCUT2D eigenvalue weighted by molar-refractivity contribution is 5.98. The van der Waals surface area contributed by atoms with E-state index in [0.717, 1.165) is 11.1 Å². The molecular formula is C23H28N2O4. The van der Waals surface area contributed by atoms with Gasteiger partial charge in [-0.05, 0) is 37.5 Å². The zero-order valence-electron chi connectivity index (χ0n) is 17.0. The number of likely N-dealkylation sites (tertiary alicyclic amines) is 1. The van der Waals surface area contributed by atoms with Crippen molar-refractivity contribution in [3.63, 3.8) is 0 Å². The molecule has 154 valence electrons. The number of nitrogens with zero attached hydrogens (tertiary/aromatic N) is 1. The second-order valence-electron chi connectivity index (χ2n) is 7.26. The van der Waals surface area contributed by atoms with Gasteiger partial charge >= 0.3 is 6.03 Å². The summed E-state index contributed by atoms with van der Waals surface area (Å²) < 4.78 is 10.8. The van der Waals surface area contributed by atoms with Crippen LogP contribution in [0.4, 0.5) is 10.5 Å². The van der Waals surface area contributed by atoms with Gasteiger partial charge in [-0.2, -0.15) is 0 Å². The number of amides is 2. The highest BCUT2D eigenvalue weighted by Gasteiger charge is 2.28. The molecule has 0 saturated carbocycles. The van der Waals surface area contributed by atoms with Crippen molar-refractivity contribution in [2.24, 2.45) is 5.92 Å². The molecule has 0 atom stereocenters. The molecule has 2 aromatic rings. The Morgan fingerprint density at radius 2 is 1.79 bits per heavy atom. The van der Waals surface area contributed by atoms with E-state index in [9.17, 15) is 9.59 Å². The van der Waals surface area contributed by atoms with Gasteiger partial charge < -0.3 is 19.7 Å². The molecule has 1 fully saturated rings. The van der Waals surface area contributed by atoms with Gasteiger partial charge in [0, 0.05) is 31.7 Å². The standard InChI is InChI=1S/C23H28N2O4/c1-17-8-9-20(21(16-17)29-15-14-28-2)24-23(27)25-12-10-19(11-13-25)22(26)18-6-4-3-5-7-18/h3-9,16,19H,10-15H2,1-2H3,(H,24,27). The number of nitrogens with one attached hydrogen (secondary N) is 1. The smallest absolute Gasteiger partial charge is 0.321 e. The van der Waals surface area contributed by atoms with Crippen molar-refractivity contribution < 1.29 is 19.1 Å². The topological polar surface area (TPSA) is 67.9 Å². The number of carbonyl (C=O) groups is 2. The van der Waals surface area contributed by atoms with E-state index in [-0.39, 0.29) is 17.7 Å². The molecule has 2 amide bonds. The number of ketones is 1. The van der Waals surface area contributed by atoms with E-state index in [0.29, 0.717) is 50.6 Å². The summed E-state index contributed by atoms with van der Waals surface area (Å²) in [7, 11) is 1.62. The lowest BCUT2D eigenvalue weighted by Crippen LogP contribution is -2.42. The largest absolute Gasteiger partial charge is 0.489 e. The number of anilines is 1. The third-order valence-electron chi connectivity index (χ3n) is 5.14. The Bertz CT molecular complexity index is 830. The Morgan fingerprint density at radius 3 is 2.48 bits per heavy atom. The van der Waals surface area contributed by atoms with Gasteiger partial charge in [0.2, 0.25) is 0 Å². The number of Topliss-reactive ketones (excluding diaryl/α,β-unsaturated/α-hetero) is 1. The first-order valence-electron chi connectivity index (χ1n) is 9.96. The number of ether oxygens (including phenoxy) is 2. The maximum atomic E-state index is 12.7. The first kappa shape index (κ1) is 20.9. The number of aryl methyl sites for hydroxylation is 1. The van der Waals surface area contributed by atoms with Crippen LogP contribution in [-0.4, -0.2) is 50.1 Å². The second-order valence-corrected chi connectivity index (χ2v) is 7.26. The molecule has 0 radical (unpaired) electrons. The van der Waals surface area contributed by atoms with Crippen LogP contribution in [0.3, 0.4) is 0 Å². The Morgan fingerprint density at radius 1 is 1.07 bits per heavy atom. The van der Waals surface area contributed by atoms with Crippen molar-refractivity contribution >= 4 is 17.5 Å². The predicted octanol–water partition coefficient (Wildman–Crippen LogP) is 4.15. The molecule has 6 heteroatoms. The molecule has 0 aromatic heterocycles. The highest BCUT2D eigenvalue weighted by Crippen LogP contribution is 2.27. The van der Waals surface area contributed by atoms with Gasteiger partial charge in [-0.1, -0.05) is 36.4 Å². The summed E-state index contributed by atoms with van der Waals surface area (Å²) in [6, 6.07) is 14.9. The minimum absolute atomic E-state index is 0.0336. The number of piperidine rings is 1. The lowest BCUT2D eigenvalue weighted by atomic mass is 9.89. The molecule has 1 aliphatic heterocycles. The maximum absolute atomic E-state index is 12.7. The van der Waals surface area contributed by atoms with Crippen LogP contribution < -0.4 is 10.1 Å². The van der Waals surface area contributed by atoms with Crippen LogP contribution in [0.2, 0.25) is 0 Å². The molecule has 3 rings (SSSR count). The van der Waals surface area contributed by atoms with Gasteiger partial charge in [-0.3, -0.25) is 4.79 Å². The molecule has 1 N–H and O–H groups in total. The molecule has 1 saturated heterocycles. The molecule has 0 bridgehead atoms. The van der Waals surface area contributed by atoms with Crippen LogP contribution in [0.15, 0.2) is 48.5 Å². The Kier molecular flexibility index (Phi) is 7.25. The SMILES string of the molecule is COCCOc1cc(C)ccc1NC(=O)N1CCC(C(=O)c2ccccc2)CC1. The van der Waals surface area contributed by atoms with Crippen LogP contribution in [-0.2, 0) is 4.74 Å². The number of urea groups is 1. The molecule has 0 unspecified atom stereocenters. The lowest BCUT2D eigenvalue weighted by molar-refractivity contribution is 0.0859. The van der Waals surface area contributed by atoms with Crippen molar-refractivity contribution in [3.8, 4) is 5.75 Å². The van der Waals surface area contributed by atoms with Gasteiger partial charge in [-0.25, -0.2) is 4.79 Å². The predicted molar refractivity (Wildman–Crippen MR) is 113 cm³/mol. The van der Waals surface area contributed by atoms with Crippen molar-refractivity contribution in [3.05, 3.63) is 59.7 Å². The van der Waals surface area contributed by atoms with Crippen molar-refractivity contribution in [1.82, 2.24) is 4.90 Å². The molecule has 0 spiro atoms. The molecule has 1 heterocycles. The fraction of sp³-hybridized carbons (Fsp3) is 0.391. The van der Waals surface area contributed by atoms with E-state index in [1.165, 1.54) is 0 Å². The summed E-state index contributed by atoms with van der Waals surface area (Å²) in [5, 5.41) is 2.95. The number of methoxy groups -OCH3 is 1. The fourth-order valence-electron chi connectivity index (χ4n) is 3.46. The summed E-state index contributed by atoms with van der Waals surface area (Å²) in [6.07, 6.45) is 1.35. The fourth-order valence-corrected chi connectivity index (χ4v) is 3.46. The van der Waals surface area contributed by atoms with E-state index in [1.807, 2.05) is 55.5 Å². The minimum Gasteiger partial charge on any atom is -0.489 e. The van der Waals surface area contributed by atoms with Gasteiger partial charge in [0.15, 0.2) is 5.78 Å². The van der Waals surface area contributed by atoms with Gasteiger partial charge in [0.05, 0.1) is 12.3 Å². The van der Waals surface area contributed by atoms with Crippen LogP contribution in [0.1, 0.15) is 28.8 Å². The van der Waals surface area contributed by atoms with Gasteiger partial charge in [0.25, 0.3) is 0 Å².